The van der Waals surface area contributed by atoms with Crippen LogP contribution in [0.2, 0.25) is 0 Å². The second-order valence-corrected chi connectivity index (χ2v) is 5.73. The van der Waals surface area contributed by atoms with Crippen LogP contribution in [0.4, 0.5) is 0 Å². The third-order valence-corrected chi connectivity index (χ3v) is 4.32. The zero-order valence-electron chi connectivity index (χ0n) is 11.0. The molecule has 3 rings (SSSR count). The van der Waals surface area contributed by atoms with Gasteiger partial charge in [-0.25, -0.2) is 0 Å². The molecule has 0 spiro atoms. The lowest BCUT2D eigenvalue weighted by Gasteiger charge is -2.42. The van der Waals surface area contributed by atoms with Crippen LogP contribution in [0.25, 0.3) is 0 Å². The standard InChI is InChI=1S/C16H21NO/c1-17-11-13-7-3-4-8-14(13)15(12-17)16(18)9-5-2-6-10-16/h3-5,7-9,15,18H,2,6,10-12H2,1H3. The van der Waals surface area contributed by atoms with Crippen LogP contribution in [0, 0.1) is 0 Å². The number of benzene rings is 1. The summed E-state index contributed by atoms with van der Waals surface area (Å²) in [6, 6.07) is 8.56. The second-order valence-electron chi connectivity index (χ2n) is 5.73. The maximum absolute atomic E-state index is 10.9. The molecule has 0 fully saturated rings. The molecule has 0 amide bonds. The Hall–Kier alpha value is -1.12. The smallest absolute Gasteiger partial charge is 0.0908 e. The normalized spacial score (nSPS) is 32.2. The van der Waals surface area contributed by atoms with Gasteiger partial charge >= 0.3 is 0 Å². The molecule has 1 aliphatic carbocycles. The Morgan fingerprint density at radius 1 is 1.33 bits per heavy atom. The highest BCUT2D eigenvalue weighted by molar-refractivity contribution is 5.36. The number of nitrogens with zero attached hydrogens (tertiary/aromatic N) is 1. The van der Waals surface area contributed by atoms with Gasteiger partial charge in [-0.3, -0.25) is 0 Å². The van der Waals surface area contributed by atoms with Gasteiger partial charge in [-0.05, 0) is 37.4 Å². The third kappa shape index (κ3) is 2.00. The maximum atomic E-state index is 10.9. The molecule has 0 aromatic heterocycles. The molecule has 1 heterocycles. The van der Waals surface area contributed by atoms with Crippen LogP contribution in [-0.4, -0.2) is 29.2 Å². The average molecular weight is 243 g/mol. The molecule has 0 bridgehead atoms. The number of rotatable bonds is 1. The summed E-state index contributed by atoms with van der Waals surface area (Å²) in [7, 11) is 2.14. The number of likely N-dealkylation sites (N-methyl/N-ethyl adjacent to an activating group) is 1. The highest BCUT2D eigenvalue weighted by Crippen LogP contribution is 2.40. The summed E-state index contributed by atoms with van der Waals surface area (Å²) in [5, 5.41) is 10.9. The first-order valence-electron chi connectivity index (χ1n) is 6.85. The van der Waals surface area contributed by atoms with Gasteiger partial charge in [-0.1, -0.05) is 36.4 Å². The van der Waals surface area contributed by atoms with Crippen molar-refractivity contribution >= 4 is 0 Å². The van der Waals surface area contributed by atoms with E-state index in [4.69, 9.17) is 0 Å². The molecule has 1 aliphatic heterocycles. The summed E-state index contributed by atoms with van der Waals surface area (Å²) in [5.74, 6) is 0.212. The van der Waals surface area contributed by atoms with Gasteiger partial charge in [-0.15, -0.1) is 0 Å². The van der Waals surface area contributed by atoms with Crippen LogP contribution in [0.15, 0.2) is 36.4 Å². The SMILES string of the molecule is CN1Cc2ccccc2C(C2(O)C=CCCC2)C1. The first-order valence-corrected chi connectivity index (χ1v) is 6.85. The molecule has 2 heteroatoms. The van der Waals surface area contributed by atoms with Gasteiger partial charge in [0.25, 0.3) is 0 Å². The first kappa shape index (κ1) is 11.9. The van der Waals surface area contributed by atoms with E-state index in [2.05, 4.69) is 42.3 Å². The van der Waals surface area contributed by atoms with Crippen LogP contribution in [0.1, 0.15) is 36.3 Å². The van der Waals surface area contributed by atoms with Crippen molar-refractivity contribution in [1.82, 2.24) is 4.90 Å². The van der Waals surface area contributed by atoms with Crippen molar-refractivity contribution in [2.45, 2.75) is 37.3 Å². The molecule has 2 nitrogen and oxygen atoms in total. The van der Waals surface area contributed by atoms with Crippen LogP contribution in [0.5, 0.6) is 0 Å². The minimum absolute atomic E-state index is 0.212. The van der Waals surface area contributed by atoms with Gasteiger partial charge in [0, 0.05) is 19.0 Å². The van der Waals surface area contributed by atoms with E-state index in [-0.39, 0.29) is 5.92 Å². The summed E-state index contributed by atoms with van der Waals surface area (Å²) in [6.07, 6.45) is 7.26. The summed E-state index contributed by atoms with van der Waals surface area (Å²) in [6.45, 7) is 1.93. The Balaban J connectivity index is 2.02. The monoisotopic (exact) mass is 243 g/mol. The fourth-order valence-electron chi connectivity index (χ4n) is 3.38. The van der Waals surface area contributed by atoms with E-state index in [0.29, 0.717) is 0 Å². The number of aliphatic hydroxyl groups is 1. The Morgan fingerprint density at radius 2 is 2.17 bits per heavy atom. The van der Waals surface area contributed by atoms with Gasteiger partial charge in [0.05, 0.1) is 5.60 Å². The number of hydrogen-bond donors (Lipinski definition) is 1. The molecule has 0 saturated carbocycles. The molecular weight excluding hydrogens is 222 g/mol. The molecule has 1 aromatic carbocycles. The number of hydrogen-bond acceptors (Lipinski definition) is 2. The Bertz CT molecular complexity index is 468. The Kier molecular flexibility index (Phi) is 3.00. The van der Waals surface area contributed by atoms with Crippen LogP contribution >= 0.6 is 0 Å². The highest BCUT2D eigenvalue weighted by atomic mass is 16.3. The lowest BCUT2D eigenvalue weighted by Crippen LogP contribution is -2.44. The van der Waals surface area contributed by atoms with Crippen LogP contribution < -0.4 is 0 Å². The van der Waals surface area contributed by atoms with Crippen molar-refractivity contribution in [3.63, 3.8) is 0 Å². The molecule has 2 unspecified atom stereocenters. The fourth-order valence-corrected chi connectivity index (χ4v) is 3.38. The summed E-state index contributed by atoms with van der Waals surface area (Å²) < 4.78 is 0. The molecule has 0 radical (unpaired) electrons. The van der Waals surface area contributed by atoms with E-state index < -0.39 is 5.60 Å². The zero-order valence-corrected chi connectivity index (χ0v) is 11.0. The molecule has 96 valence electrons. The second kappa shape index (κ2) is 4.52. The fraction of sp³-hybridized carbons (Fsp3) is 0.500. The first-order chi connectivity index (χ1) is 8.69. The van der Waals surface area contributed by atoms with Crippen molar-refractivity contribution in [1.29, 1.82) is 0 Å². The number of allylic oxidation sites excluding steroid dienone is 1. The van der Waals surface area contributed by atoms with Crippen LogP contribution in [0.3, 0.4) is 0 Å². The van der Waals surface area contributed by atoms with Gasteiger partial charge < -0.3 is 10.0 Å². The quantitative estimate of drug-likeness (QED) is 0.767. The van der Waals surface area contributed by atoms with Gasteiger partial charge in [0.1, 0.15) is 0 Å². The molecule has 0 saturated heterocycles. The van der Waals surface area contributed by atoms with Gasteiger partial charge in [0.15, 0.2) is 0 Å². The Labute approximate surface area is 109 Å². The predicted octanol–water partition coefficient (Wildman–Crippen LogP) is 2.69. The summed E-state index contributed by atoms with van der Waals surface area (Å²) >= 11 is 0. The number of fused-ring (bicyclic) bond motifs is 1. The minimum Gasteiger partial charge on any atom is -0.385 e. The molecule has 18 heavy (non-hydrogen) atoms. The van der Waals surface area contributed by atoms with E-state index in [1.165, 1.54) is 11.1 Å². The van der Waals surface area contributed by atoms with Gasteiger partial charge in [0.2, 0.25) is 0 Å². The van der Waals surface area contributed by atoms with E-state index in [9.17, 15) is 5.11 Å². The van der Waals surface area contributed by atoms with Crippen molar-refractivity contribution in [3.05, 3.63) is 47.5 Å². The van der Waals surface area contributed by atoms with Crippen molar-refractivity contribution in [3.8, 4) is 0 Å². The van der Waals surface area contributed by atoms with E-state index in [0.717, 1.165) is 32.4 Å². The summed E-state index contributed by atoms with van der Waals surface area (Å²) in [4.78, 5) is 2.31. The predicted molar refractivity (Wildman–Crippen MR) is 73.5 cm³/mol. The molecule has 2 aliphatic rings. The van der Waals surface area contributed by atoms with Crippen molar-refractivity contribution in [2.24, 2.45) is 0 Å². The largest absolute Gasteiger partial charge is 0.385 e. The average Bonchev–Trinajstić information content (AvgIpc) is 2.38. The molecule has 1 N–H and O–H groups in total. The highest BCUT2D eigenvalue weighted by Gasteiger charge is 2.39. The maximum Gasteiger partial charge on any atom is 0.0908 e. The van der Waals surface area contributed by atoms with E-state index >= 15 is 0 Å². The van der Waals surface area contributed by atoms with E-state index in [1.54, 1.807) is 0 Å². The zero-order chi connectivity index (χ0) is 12.6. The lowest BCUT2D eigenvalue weighted by molar-refractivity contribution is 0.0280. The van der Waals surface area contributed by atoms with E-state index in [1.807, 2.05) is 6.08 Å². The van der Waals surface area contributed by atoms with Crippen molar-refractivity contribution in [2.75, 3.05) is 13.6 Å². The Morgan fingerprint density at radius 3 is 2.94 bits per heavy atom. The third-order valence-electron chi connectivity index (χ3n) is 4.32. The van der Waals surface area contributed by atoms with Gasteiger partial charge in [-0.2, -0.15) is 0 Å². The van der Waals surface area contributed by atoms with Crippen molar-refractivity contribution < 1.29 is 5.11 Å². The molecule has 2 atom stereocenters. The lowest BCUT2D eigenvalue weighted by atomic mass is 9.73. The van der Waals surface area contributed by atoms with Crippen LogP contribution in [-0.2, 0) is 6.54 Å². The minimum atomic E-state index is -0.650. The summed E-state index contributed by atoms with van der Waals surface area (Å²) in [5.41, 5.74) is 2.05. The topological polar surface area (TPSA) is 23.5 Å². The molecule has 1 aromatic rings. The molecular formula is C16H21NO.